The van der Waals surface area contributed by atoms with Gasteiger partial charge in [0.15, 0.2) is 0 Å². The quantitative estimate of drug-likeness (QED) is 0.721. The van der Waals surface area contributed by atoms with Crippen LogP contribution in [0.15, 0.2) is 15.1 Å². The summed E-state index contributed by atoms with van der Waals surface area (Å²) in [7, 11) is 0. The van der Waals surface area contributed by atoms with Crippen LogP contribution in [0.25, 0.3) is 0 Å². The Morgan fingerprint density at radius 2 is 1.92 bits per heavy atom. The van der Waals surface area contributed by atoms with Gasteiger partial charge in [0.2, 0.25) is 5.95 Å². The van der Waals surface area contributed by atoms with E-state index in [0.29, 0.717) is 0 Å². The summed E-state index contributed by atoms with van der Waals surface area (Å²) in [6.45, 7) is 0. The molecule has 0 bridgehead atoms. The van der Waals surface area contributed by atoms with Crippen molar-refractivity contribution in [1.29, 1.82) is 0 Å². The number of rotatable bonds is 1. The first-order chi connectivity index (χ1) is 5.54. The van der Waals surface area contributed by atoms with Crippen molar-refractivity contribution in [2.75, 3.05) is 0 Å². The van der Waals surface area contributed by atoms with E-state index >= 15 is 0 Å². The van der Waals surface area contributed by atoms with Crippen molar-refractivity contribution >= 4 is 31.9 Å². The first-order valence-electron chi connectivity index (χ1n) is 2.81. The molecule has 66 valence electrons. The van der Waals surface area contributed by atoms with Crippen LogP contribution in [0.2, 0.25) is 0 Å². The van der Waals surface area contributed by atoms with Crippen molar-refractivity contribution in [1.82, 2.24) is 4.98 Å². The molecule has 0 saturated heterocycles. The lowest BCUT2D eigenvalue weighted by atomic mass is 10.3. The molecule has 0 aromatic carbocycles. The smallest absolute Gasteiger partial charge is 0.226 e. The maximum atomic E-state index is 12.6. The van der Waals surface area contributed by atoms with Crippen LogP contribution in [0.4, 0.5) is 13.2 Å². The summed E-state index contributed by atoms with van der Waals surface area (Å²) in [5, 5.41) is 0. The summed E-state index contributed by atoms with van der Waals surface area (Å²) in [6.07, 6.45) is -1.73. The number of aromatic nitrogens is 1. The van der Waals surface area contributed by atoms with Crippen LogP contribution in [0.5, 0.6) is 0 Å². The molecule has 12 heavy (non-hydrogen) atoms. The van der Waals surface area contributed by atoms with Gasteiger partial charge in [0.05, 0.1) is 10.0 Å². The van der Waals surface area contributed by atoms with Crippen molar-refractivity contribution in [2.45, 2.75) is 6.43 Å². The zero-order chi connectivity index (χ0) is 9.30. The minimum absolute atomic E-state index is 0.0887. The Morgan fingerprint density at radius 1 is 1.33 bits per heavy atom. The van der Waals surface area contributed by atoms with Gasteiger partial charge < -0.3 is 0 Å². The summed E-state index contributed by atoms with van der Waals surface area (Å²) in [6, 6.07) is 0. The van der Waals surface area contributed by atoms with Gasteiger partial charge in [0.1, 0.15) is 0 Å². The highest BCUT2D eigenvalue weighted by atomic mass is 79.9. The monoisotopic (exact) mass is 303 g/mol. The minimum Gasteiger partial charge on any atom is -0.226 e. The summed E-state index contributed by atoms with van der Waals surface area (Å²) in [4.78, 5) is 3.23. The van der Waals surface area contributed by atoms with Crippen LogP contribution < -0.4 is 0 Å². The molecular formula is C6H2Br2F3N. The number of pyridine rings is 1. The van der Waals surface area contributed by atoms with Gasteiger partial charge in [-0.05, 0) is 31.9 Å². The topological polar surface area (TPSA) is 12.9 Å². The fraction of sp³-hybridized carbons (Fsp3) is 0.167. The molecule has 0 saturated carbocycles. The van der Waals surface area contributed by atoms with Gasteiger partial charge in [-0.15, -0.1) is 0 Å². The number of hydrogen-bond acceptors (Lipinski definition) is 1. The van der Waals surface area contributed by atoms with E-state index in [1.165, 1.54) is 0 Å². The predicted octanol–water partition coefficient (Wildman–Crippen LogP) is 3.68. The molecule has 1 rings (SSSR count). The van der Waals surface area contributed by atoms with Gasteiger partial charge in [-0.25, -0.2) is 13.8 Å². The van der Waals surface area contributed by atoms with Crippen molar-refractivity contribution in [3.8, 4) is 0 Å². The number of nitrogens with zero attached hydrogens (tertiary/aromatic N) is 1. The second-order valence-electron chi connectivity index (χ2n) is 1.93. The van der Waals surface area contributed by atoms with E-state index in [9.17, 15) is 13.2 Å². The lowest BCUT2D eigenvalue weighted by molar-refractivity contribution is 0.149. The molecule has 1 heterocycles. The van der Waals surface area contributed by atoms with Gasteiger partial charge in [0, 0.05) is 10.7 Å². The van der Waals surface area contributed by atoms with Gasteiger partial charge in [-0.1, -0.05) is 0 Å². The molecule has 1 aromatic rings. The zero-order valence-electron chi connectivity index (χ0n) is 5.49. The zero-order valence-corrected chi connectivity index (χ0v) is 8.66. The lowest BCUT2D eigenvalue weighted by Crippen LogP contribution is -1.94. The van der Waals surface area contributed by atoms with Gasteiger partial charge in [0.25, 0.3) is 6.43 Å². The van der Waals surface area contributed by atoms with Crippen molar-refractivity contribution in [3.63, 3.8) is 0 Å². The van der Waals surface area contributed by atoms with E-state index in [4.69, 9.17) is 0 Å². The standard InChI is InChI=1S/C6H2Br2F3N/c7-2-1-12-6(11)4(8)3(2)5(9)10/h1,5H. The number of halogens is 5. The number of hydrogen-bond donors (Lipinski definition) is 0. The van der Waals surface area contributed by atoms with Crippen LogP contribution in [-0.4, -0.2) is 4.98 Å². The molecule has 0 fully saturated rings. The van der Waals surface area contributed by atoms with E-state index in [1.807, 2.05) is 0 Å². The Balaban J connectivity index is 3.33. The highest BCUT2D eigenvalue weighted by molar-refractivity contribution is 9.11. The van der Waals surface area contributed by atoms with E-state index in [0.717, 1.165) is 6.20 Å². The molecule has 0 aliphatic rings. The molecule has 1 aromatic heterocycles. The fourth-order valence-corrected chi connectivity index (χ4v) is 1.88. The second kappa shape index (κ2) is 3.74. The Labute approximate surface area is 83.2 Å². The van der Waals surface area contributed by atoms with Gasteiger partial charge in [-0.2, -0.15) is 4.39 Å². The summed E-state index contributed by atoms with van der Waals surface area (Å²) < 4.78 is 36.8. The Kier molecular flexibility index (Phi) is 3.11. The SMILES string of the molecule is Fc1ncc(Br)c(C(F)F)c1Br. The first kappa shape index (κ1) is 9.98. The average molecular weight is 305 g/mol. The summed E-state index contributed by atoms with van der Waals surface area (Å²) in [5.41, 5.74) is -0.414. The van der Waals surface area contributed by atoms with E-state index < -0.39 is 17.9 Å². The normalized spacial score (nSPS) is 10.8. The molecule has 0 N–H and O–H groups in total. The molecule has 6 heteroatoms. The first-order valence-corrected chi connectivity index (χ1v) is 4.40. The third kappa shape index (κ3) is 1.80. The van der Waals surface area contributed by atoms with Crippen molar-refractivity contribution in [3.05, 3.63) is 26.7 Å². The maximum absolute atomic E-state index is 12.6. The Hall–Kier alpha value is -0.100. The maximum Gasteiger partial charge on any atom is 0.266 e. The molecule has 0 amide bonds. The van der Waals surface area contributed by atoms with Gasteiger partial charge in [-0.3, -0.25) is 0 Å². The van der Waals surface area contributed by atoms with Crippen LogP contribution in [-0.2, 0) is 0 Å². The summed E-state index contributed by atoms with van der Waals surface area (Å²) >= 11 is 5.53. The Morgan fingerprint density at radius 3 is 2.33 bits per heavy atom. The van der Waals surface area contributed by atoms with E-state index in [2.05, 4.69) is 36.8 Å². The number of alkyl halides is 2. The highest BCUT2D eigenvalue weighted by Crippen LogP contribution is 2.34. The second-order valence-corrected chi connectivity index (χ2v) is 3.57. The third-order valence-electron chi connectivity index (χ3n) is 1.18. The van der Waals surface area contributed by atoms with Crippen LogP contribution >= 0.6 is 31.9 Å². The van der Waals surface area contributed by atoms with Crippen molar-refractivity contribution in [2.24, 2.45) is 0 Å². The predicted molar refractivity (Wildman–Crippen MR) is 44.6 cm³/mol. The average Bonchev–Trinajstić information content (AvgIpc) is 1.97. The molecule has 0 radical (unpaired) electrons. The lowest BCUT2D eigenvalue weighted by Gasteiger charge is -2.05. The third-order valence-corrected chi connectivity index (χ3v) is 2.57. The molecule has 1 nitrogen and oxygen atoms in total. The largest absolute Gasteiger partial charge is 0.266 e. The Bertz CT molecular complexity index is 303. The molecule has 0 spiro atoms. The summed E-state index contributed by atoms with van der Waals surface area (Å²) in [5.74, 6) is -0.937. The molecular weight excluding hydrogens is 303 g/mol. The molecule has 0 unspecified atom stereocenters. The van der Waals surface area contributed by atoms with Gasteiger partial charge >= 0.3 is 0 Å². The highest BCUT2D eigenvalue weighted by Gasteiger charge is 2.19. The van der Waals surface area contributed by atoms with Crippen LogP contribution in [0.1, 0.15) is 12.0 Å². The molecule has 0 aliphatic heterocycles. The van der Waals surface area contributed by atoms with Crippen LogP contribution in [0, 0.1) is 5.95 Å². The van der Waals surface area contributed by atoms with E-state index in [-0.39, 0.29) is 8.95 Å². The molecule has 0 aliphatic carbocycles. The fourth-order valence-electron chi connectivity index (χ4n) is 0.656. The minimum atomic E-state index is -2.73. The van der Waals surface area contributed by atoms with Crippen molar-refractivity contribution < 1.29 is 13.2 Å². The van der Waals surface area contributed by atoms with Crippen LogP contribution in [0.3, 0.4) is 0 Å². The molecule has 0 atom stereocenters. The van der Waals surface area contributed by atoms with E-state index in [1.54, 1.807) is 0 Å².